The second kappa shape index (κ2) is 12.2. The smallest absolute Gasteiger partial charge is 0.234 e. The predicted octanol–water partition coefficient (Wildman–Crippen LogP) is 4.90. The van der Waals surface area contributed by atoms with Crippen molar-refractivity contribution in [1.82, 2.24) is 20.2 Å². The van der Waals surface area contributed by atoms with Gasteiger partial charge in [0.2, 0.25) is 11.8 Å². The third-order valence-electron chi connectivity index (χ3n) is 8.30. The molecule has 1 saturated carbocycles. The quantitative estimate of drug-likeness (QED) is 0.505. The number of nitrogens with zero attached hydrogens (tertiary/aromatic N) is 3. The summed E-state index contributed by atoms with van der Waals surface area (Å²) in [4.78, 5) is 37.8. The molecule has 37 heavy (non-hydrogen) atoms. The lowest BCUT2D eigenvalue weighted by atomic mass is 9.76. The maximum absolute atomic E-state index is 14.2. The topological polar surface area (TPSA) is 101 Å². The lowest BCUT2D eigenvalue weighted by molar-refractivity contribution is -0.139. The molecule has 3 unspecified atom stereocenters. The largest absolute Gasteiger partial charge is 0.368 e. The van der Waals surface area contributed by atoms with E-state index in [-0.39, 0.29) is 17.9 Å². The van der Waals surface area contributed by atoms with Crippen LogP contribution in [0.25, 0.3) is 11.3 Å². The van der Waals surface area contributed by atoms with Crippen LogP contribution >= 0.6 is 0 Å². The Hall–Kier alpha value is -2.80. The van der Waals surface area contributed by atoms with Gasteiger partial charge in [-0.1, -0.05) is 51.3 Å². The fourth-order valence-electron chi connectivity index (χ4n) is 6.18. The Balaban J connectivity index is 1.63. The zero-order valence-electron chi connectivity index (χ0n) is 22.9. The Morgan fingerprint density at radius 1 is 1.08 bits per heavy atom. The van der Waals surface area contributed by atoms with E-state index in [0.29, 0.717) is 24.8 Å². The second-order valence-corrected chi connectivity index (χ2v) is 11.2. The highest BCUT2D eigenvalue weighted by molar-refractivity contribution is 5.83. The molecule has 2 aliphatic rings. The van der Waals surface area contributed by atoms with E-state index in [0.717, 1.165) is 61.3 Å². The molecule has 2 aromatic rings. The highest BCUT2D eigenvalue weighted by Gasteiger charge is 2.40. The predicted molar refractivity (Wildman–Crippen MR) is 147 cm³/mol. The number of likely N-dealkylation sites (tertiary alicyclic amines) is 1. The van der Waals surface area contributed by atoms with Gasteiger partial charge in [0.1, 0.15) is 5.82 Å². The number of benzene rings is 1. The molecule has 1 saturated heterocycles. The summed E-state index contributed by atoms with van der Waals surface area (Å²) >= 11 is 0. The summed E-state index contributed by atoms with van der Waals surface area (Å²) in [6, 6.07) is 10.0. The summed E-state index contributed by atoms with van der Waals surface area (Å²) in [7, 11) is 1.75. The van der Waals surface area contributed by atoms with Crippen LogP contribution in [0, 0.1) is 18.8 Å². The molecular formula is C30H43N5O2. The number of nitrogens with one attached hydrogen (secondary N) is 1. The molecule has 3 N–H and O–H groups in total. The highest BCUT2D eigenvalue weighted by atomic mass is 16.2. The summed E-state index contributed by atoms with van der Waals surface area (Å²) in [6.07, 6.45) is 7.85. The van der Waals surface area contributed by atoms with Gasteiger partial charge in [-0.15, -0.1) is 0 Å². The first-order valence-corrected chi connectivity index (χ1v) is 14.0. The van der Waals surface area contributed by atoms with Gasteiger partial charge in [0, 0.05) is 18.0 Å². The molecule has 0 spiro atoms. The monoisotopic (exact) mass is 505 g/mol. The molecule has 1 aliphatic carbocycles. The van der Waals surface area contributed by atoms with Gasteiger partial charge in [-0.3, -0.25) is 9.59 Å². The normalized spacial score (nSPS) is 20.2. The highest BCUT2D eigenvalue weighted by Crippen LogP contribution is 2.39. The van der Waals surface area contributed by atoms with E-state index in [9.17, 15) is 9.59 Å². The van der Waals surface area contributed by atoms with Gasteiger partial charge in [-0.05, 0) is 75.6 Å². The minimum absolute atomic E-state index is 0.0751. The third kappa shape index (κ3) is 6.38. The van der Waals surface area contributed by atoms with E-state index in [1.165, 1.54) is 12.0 Å². The fraction of sp³-hybridized carbons (Fsp3) is 0.600. The number of aryl methyl sites for hydroxylation is 1. The van der Waals surface area contributed by atoms with Gasteiger partial charge in [-0.25, -0.2) is 9.97 Å². The summed E-state index contributed by atoms with van der Waals surface area (Å²) < 4.78 is 0. The average molecular weight is 506 g/mol. The second-order valence-electron chi connectivity index (χ2n) is 11.2. The van der Waals surface area contributed by atoms with Gasteiger partial charge in [-0.2, -0.15) is 0 Å². The molecule has 1 aromatic heterocycles. The first-order chi connectivity index (χ1) is 17.8. The van der Waals surface area contributed by atoms with Crippen LogP contribution in [0.2, 0.25) is 0 Å². The number of likely N-dealkylation sites (N-methyl/N-ethyl adjacent to an activating group) is 1. The standard InChI is InChI=1S/C30H43N5O2/c1-19(2)22-12-8-13-23(16-22)25-18-26(34-20(3)33-25)28-14-9-15-35(28)30(37)24(17-27(32-4)29(31)36)21-10-6-5-7-11-21/h8,12-13,16,18-19,21,24,27-28,32H,5-7,9-11,14-15,17H2,1-4H3,(H2,31,36). The van der Waals surface area contributed by atoms with E-state index >= 15 is 0 Å². The van der Waals surface area contributed by atoms with Crippen LogP contribution in [-0.2, 0) is 9.59 Å². The molecule has 7 heteroatoms. The first-order valence-electron chi connectivity index (χ1n) is 14.0. The van der Waals surface area contributed by atoms with Crippen LogP contribution in [-0.4, -0.2) is 46.3 Å². The van der Waals surface area contributed by atoms with E-state index in [1.54, 1.807) is 7.05 Å². The van der Waals surface area contributed by atoms with Crippen molar-refractivity contribution in [1.29, 1.82) is 0 Å². The summed E-state index contributed by atoms with van der Waals surface area (Å²) in [5.74, 6) is 0.984. The number of hydrogen-bond donors (Lipinski definition) is 2. The zero-order chi connectivity index (χ0) is 26.5. The van der Waals surface area contributed by atoms with Crippen molar-refractivity contribution in [2.45, 2.75) is 90.1 Å². The van der Waals surface area contributed by atoms with E-state index in [4.69, 9.17) is 15.7 Å². The molecule has 1 aliphatic heterocycles. The molecule has 0 bridgehead atoms. The Morgan fingerprint density at radius 3 is 2.51 bits per heavy atom. The molecule has 1 aromatic carbocycles. The van der Waals surface area contributed by atoms with E-state index in [2.05, 4.69) is 49.5 Å². The van der Waals surface area contributed by atoms with Gasteiger partial charge in [0.05, 0.1) is 23.5 Å². The van der Waals surface area contributed by atoms with Gasteiger partial charge >= 0.3 is 0 Å². The Labute approximate surface area is 221 Å². The lowest BCUT2D eigenvalue weighted by Crippen LogP contribution is -2.46. The van der Waals surface area contributed by atoms with Gasteiger partial charge in [0.25, 0.3) is 0 Å². The number of nitrogens with two attached hydrogens (primary N) is 1. The van der Waals surface area contributed by atoms with Gasteiger partial charge in [0.15, 0.2) is 0 Å². The Morgan fingerprint density at radius 2 is 1.84 bits per heavy atom. The van der Waals surface area contributed by atoms with Crippen LogP contribution in [0.3, 0.4) is 0 Å². The van der Waals surface area contributed by atoms with Crippen molar-refractivity contribution < 1.29 is 9.59 Å². The summed E-state index contributed by atoms with van der Waals surface area (Å²) in [6.45, 7) is 7.03. The maximum atomic E-state index is 14.2. The molecule has 7 nitrogen and oxygen atoms in total. The molecule has 2 fully saturated rings. The van der Waals surface area contributed by atoms with Crippen LogP contribution < -0.4 is 11.1 Å². The number of amides is 2. The summed E-state index contributed by atoms with van der Waals surface area (Å²) in [5.41, 5.74) is 9.83. The molecule has 3 atom stereocenters. The molecule has 200 valence electrons. The molecule has 2 amide bonds. The van der Waals surface area contributed by atoms with Crippen LogP contribution in [0.5, 0.6) is 0 Å². The van der Waals surface area contributed by atoms with Crippen LogP contribution in [0.1, 0.15) is 94.3 Å². The molecule has 2 heterocycles. The van der Waals surface area contributed by atoms with Gasteiger partial charge < -0.3 is 16.0 Å². The van der Waals surface area contributed by atoms with Crippen molar-refractivity contribution in [3.05, 3.63) is 47.4 Å². The maximum Gasteiger partial charge on any atom is 0.234 e. The molecule has 0 radical (unpaired) electrons. The van der Waals surface area contributed by atoms with Crippen molar-refractivity contribution >= 4 is 11.8 Å². The number of carbonyl (C=O) groups excluding carboxylic acids is 2. The fourth-order valence-corrected chi connectivity index (χ4v) is 6.18. The number of aromatic nitrogens is 2. The van der Waals surface area contributed by atoms with Crippen LogP contribution in [0.15, 0.2) is 30.3 Å². The Bertz CT molecular complexity index is 1100. The van der Waals surface area contributed by atoms with Crippen molar-refractivity contribution in [3.8, 4) is 11.3 Å². The van der Waals surface area contributed by atoms with Crippen LogP contribution in [0.4, 0.5) is 0 Å². The summed E-state index contributed by atoms with van der Waals surface area (Å²) in [5, 5.41) is 3.04. The number of primary amides is 1. The zero-order valence-corrected chi connectivity index (χ0v) is 22.9. The average Bonchev–Trinajstić information content (AvgIpc) is 3.39. The molecular weight excluding hydrogens is 462 g/mol. The minimum Gasteiger partial charge on any atom is -0.368 e. The van der Waals surface area contributed by atoms with E-state index < -0.39 is 11.9 Å². The van der Waals surface area contributed by atoms with E-state index in [1.807, 2.05) is 11.8 Å². The third-order valence-corrected chi connectivity index (χ3v) is 8.30. The van der Waals surface area contributed by atoms with Crippen molar-refractivity contribution in [2.75, 3.05) is 13.6 Å². The number of hydrogen-bond acceptors (Lipinski definition) is 5. The first kappa shape index (κ1) is 27.2. The Kier molecular flexibility index (Phi) is 8.95. The van der Waals surface area contributed by atoms with Crippen molar-refractivity contribution in [3.63, 3.8) is 0 Å². The minimum atomic E-state index is -0.502. The SMILES string of the molecule is CNC(CC(C(=O)N1CCCC1c1cc(-c2cccc(C(C)C)c2)nc(C)n1)C1CCCCC1)C(N)=O. The van der Waals surface area contributed by atoms with Crippen molar-refractivity contribution in [2.24, 2.45) is 17.6 Å². The number of carbonyl (C=O) groups is 2. The molecule has 4 rings (SSSR count). The number of rotatable bonds is 9. The lowest BCUT2D eigenvalue weighted by Gasteiger charge is -2.35.